The zero-order valence-corrected chi connectivity index (χ0v) is 18.5. The van der Waals surface area contributed by atoms with Gasteiger partial charge in [0.05, 0.1) is 0 Å². The van der Waals surface area contributed by atoms with Crippen LogP contribution in [-0.2, 0) is 11.8 Å². The van der Waals surface area contributed by atoms with Gasteiger partial charge >= 0.3 is 0 Å². The summed E-state index contributed by atoms with van der Waals surface area (Å²) in [6, 6.07) is 12.1. The van der Waals surface area contributed by atoms with Gasteiger partial charge in [0.2, 0.25) is 0 Å². The maximum atomic E-state index is 2.47. The van der Waals surface area contributed by atoms with Gasteiger partial charge in [0.1, 0.15) is 0 Å². The van der Waals surface area contributed by atoms with E-state index in [0.29, 0.717) is 11.8 Å². The van der Waals surface area contributed by atoms with Gasteiger partial charge in [0, 0.05) is 0 Å². The zero-order chi connectivity index (χ0) is 19.9. The Kier molecular flexibility index (Phi) is 5.39. The van der Waals surface area contributed by atoms with Gasteiger partial charge in [0.25, 0.3) is 0 Å². The molecule has 0 amide bonds. The summed E-state index contributed by atoms with van der Waals surface area (Å²) in [4.78, 5) is 0. The van der Waals surface area contributed by atoms with E-state index < -0.39 is 0 Å². The normalized spacial score (nSPS) is 14.1. The molecule has 0 unspecified atom stereocenters. The molecule has 2 aromatic rings. The quantitative estimate of drug-likeness (QED) is 0.515. The van der Waals surface area contributed by atoms with Crippen LogP contribution in [0.1, 0.15) is 101 Å². The van der Waals surface area contributed by atoms with Crippen LogP contribution in [0.15, 0.2) is 35.9 Å². The SMILES string of the molecule is CCC1=Cc2c(ccc(C(C)(C)C)c2-c2cc(C(C)C)cc(C(C)C)c2)C1. The topological polar surface area (TPSA) is 0 Å². The number of hydrogen-bond acceptors (Lipinski definition) is 0. The van der Waals surface area contributed by atoms with Crippen LogP contribution in [-0.4, -0.2) is 0 Å². The molecule has 0 heterocycles. The van der Waals surface area contributed by atoms with Gasteiger partial charge in [-0.25, -0.2) is 0 Å². The Morgan fingerprint density at radius 1 is 0.889 bits per heavy atom. The van der Waals surface area contributed by atoms with Crippen molar-refractivity contribution in [3.63, 3.8) is 0 Å². The van der Waals surface area contributed by atoms with Gasteiger partial charge in [-0.05, 0) is 69.0 Å². The van der Waals surface area contributed by atoms with E-state index in [1.54, 1.807) is 5.57 Å². The standard InChI is InChI=1S/C27H36/c1-9-19-12-20-10-11-25(27(6,7)8)26(24(20)13-19)23-15-21(17(2)3)14-22(16-23)18(4)5/h10-11,13-18H,9,12H2,1-8H3. The number of benzene rings is 2. The van der Waals surface area contributed by atoms with E-state index >= 15 is 0 Å². The minimum atomic E-state index is 0.124. The summed E-state index contributed by atoms with van der Waals surface area (Å²) in [6.07, 6.45) is 4.73. The second kappa shape index (κ2) is 7.30. The number of rotatable bonds is 4. The molecule has 0 saturated carbocycles. The molecule has 2 aromatic carbocycles. The third kappa shape index (κ3) is 3.91. The fourth-order valence-electron chi connectivity index (χ4n) is 4.13. The Morgan fingerprint density at radius 3 is 1.96 bits per heavy atom. The molecule has 27 heavy (non-hydrogen) atoms. The van der Waals surface area contributed by atoms with Crippen LogP contribution in [0.4, 0.5) is 0 Å². The molecule has 0 radical (unpaired) electrons. The van der Waals surface area contributed by atoms with Crippen LogP contribution >= 0.6 is 0 Å². The van der Waals surface area contributed by atoms with E-state index in [4.69, 9.17) is 0 Å². The molecular weight excluding hydrogens is 324 g/mol. The Labute approximate surface area is 166 Å². The second-order valence-electron chi connectivity index (χ2n) is 9.84. The molecule has 0 heteroatoms. The van der Waals surface area contributed by atoms with Crippen molar-refractivity contribution < 1.29 is 0 Å². The lowest BCUT2D eigenvalue weighted by Crippen LogP contribution is -2.14. The molecule has 0 aliphatic heterocycles. The Morgan fingerprint density at radius 2 is 1.48 bits per heavy atom. The maximum Gasteiger partial charge on any atom is -0.00577 e. The van der Waals surface area contributed by atoms with Gasteiger partial charge in [0.15, 0.2) is 0 Å². The first-order valence-corrected chi connectivity index (χ1v) is 10.6. The smallest absolute Gasteiger partial charge is 0.00577 e. The van der Waals surface area contributed by atoms with Crippen LogP contribution in [0.2, 0.25) is 0 Å². The molecule has 1 aliphatic rings. The van der Waals surface area contributed by atoms with Crippen LogP contribution < -0.4 is 0 Å². The van der Waals surface area contributed by atoms with Crippen molar-refractivity contribution in [1.29, 1.82) is 0 Å². The number of hydrogen-bond donors (Lipinski definition) is 0. The molecular formula is C27H36. The summed E-state index contributed by atoms with van der Waals surface area (Å²) in [5, 5.41) is 0. The molecule has 0 N–H and O–H groups in total. The van der Waals surface area contributed by atoms with Crippen molar-refractivity contribution in [2.45, 2.75) is 85.5 Å². The monoisotopic (exact) mass is 360 g/mol. The Balaban J connectivity index is 2.34. The van der Waals surface area contributed by atoms with Crippen molar-refractivity contribution >= 4 is 6.08 Å². The average molecular weight is 361 g/mol. The van der Waals surface area contributed by atoms with Crippen LogP contribution in [0.25, 0.3) is 17.2 Å². The third-order valence-electron chi connectivity index (χ3n) is 5.96. The Hall–Kier alpha value is -1.82. The summed E-state index contributed by atoms with van der Waals surface area (Å²) in [7, 11) is 0. The van der Waals surface area contributed by atoms with E-state index in [2.05, 4.69) is 91.8 Å². The van der Waals surface area contributed by atoms with Crippen LogP contribution in [0.3, 0.4) is 0 Å². The van der Waals surface area contributed by atoms with Crippen molar-refractivity contribution in [2.75, 3.05) is 0 Å². The Bertz CT molecular complexity index is 843. The molecule has 0 saturated heterocycles. The van der Waals surface area contributed by atoms with Crippen molar-refractivity contribution in [1.82, 2.24) is 0 Å². The predicted octanol–water partition coefficient (Wildman–Crippen LogP) is 8.25. The minimum absolute atomic E-state index is 0.124. The average Bonchev–Trinajstić information content (AvgIpc) is 3.02. The molecule has 0 fully saturated rings. The largest absolute Gasteiger partial charge is 0.0655 e. The highest BCUT2D eigenvalue weighted by Crippen LogP contribution is 2.43. The first kappa shape index (κ1) is 19.9. The number of allylic oxidation sites excluding steroid dienone is 1. The van der Waals surface area contributed by atoms with E-state index in [1.807, 2.05) is 0 Å². The highest BCUT2D eigenvalue weighted by atomic mass is 14.3. The fourth-order valence-corrected chi connectivity index (χ4v) is 4.13. The van der Waals surface area contributed by atoms with Crippen molar-refractivity contribution in [3.05, 3.63) is 63.7 Å². The minimum Gasteiger partial charge on any atom is -0.0655 e. The summed E-state index contributed by atoms with van der Waals surface area (Å²) in [5.41, 5.74) is 11.9. The molecule has 144 valence electrons. The maximum absolute atomic E-state index is 2.47. The highest BCUT2D eigenvalue weighted by Gasteiger charge is 2.25. The van der Waals surface area contributed by atoms with Gasteiger partial charge < -0.3 is 0 Å². The summed E-state index contributed by atoms with van der Waals surface area (Å²) in [5.74, 6) is 1.08. The van der Waals surface area contributed by atoms with E-state index in [-0.39, 0.29) is 5.41 Å². The molecule has 0 nitrogen and oxygen atoms in total. The molecule has 1 aliphatic carbocycles. The van der Waals surface area contributed by atoms with E-state index in [0.717, 1.165) is 12.8 Å². The molecule has 3 rings (SSSR count). The molecule has 0 atom stereocenters. The van der Waals surface area contributed by atoms with Gasteiger partial charge in [-0.3, -0.25) is 0 Å². The van der Waals surface area contributed by atoms with E-state index in [1.165, 1.54) is 38.9 Å². The van der Waals surface area contributed by atoms with E-state index in [9.17, 15) is 0 Å². The number of fused-ring (bicyclic) bond motifs is 1. The molecule has 0 spiro atoms. The van der Waals surface area contributed by atoms with Crippen molar-refractivity contribution in [2.24, 2.45) is 0 Å². The first-order chi connectivity index (χ1) is 12.6. The van der Waals surface area contributed by atoms with Gasteiger partial charge in [-0.2, -0.15) is 0 Å². The fraction of sp³-hybridized carbons (Fsp3) is 0.481. The summed E-state index contributed by atoms with van der Waals surface area (Å²) in [6.45, 7) is 18.5. The summed E-state index contributed by atoms with van der Waals surface area (Å²) >= 11 is 0. The first-order valence-electron chi connectivity index (χ1n) is 10.6. The lowest BCUT2D eigenvalue weighted by molar-refractivity contribution is 0.591. The van der Waals surface area contributed by atoms with Crippen LogP contribution in [0, 0.1) is 0 Å². The third-order valence-corrected chi connectivity index (χ3v) is 5.96. The van der Waals surface area contributed by atoms with Gasteiger partial charge in [-0.1, -0.05) is 97.4 Å². The van der Waals surface area contributed by atoms with Crippen LogP contribution in [0.5, 0.6) is 0 Å². The molecule has 0 aromatic heterocycles. The highest BCUT2D eigenvalue weighted by molar-refractivity contribution is 5.84. The summed E-state index contributed by atoms with van der Waals surface area (Å²) < 4.78 is 0. The lowest BCUT2D eigenvalue weighted by Gasteiger charge is -2.26. The van der Waals surface area contributed by atoms with Gasteiger partial charge in [-0.15, -0.1) is 0 Å². The zero-order valence-electron chi connectivity index (χ0n) is 18.5. The van der Waals surface area contributed by atoms with Crippen molar-refractivity contribution in [3.8, 4) is 11.1 Å². The second-order valence-corrected chi connectivity index (χ2v) is 9.84. The lowest BCUT2D eigenvalue weighted by atomic mass is 9.78. The predicted molar refractivity (Wildman–Crippen MR) is 121 cm³/mol. The molecule has 0 bridgehead atoms.